The van der Waals surface area contributed by atoms with Gasteiger partial charge in [0.25, 0.3) is 0 Å². The second-order valence-corrected chi connectivity index (χ2v) is 4.57. The Kier molecular flexibility index (Phi) is 5.08. The highest BCUT2D eigenvalue weighted by molar-refractivity contribution is 8.08. The molecule has 5 heteroatoms. The fourth-order valence-corrected chi connectivity index (χ4v) is 1.93. The smallest absolute Gasteiger partial charge is 0.168 e. The van der Waals surface area contributed by atoms with Crippen molar-refractivity contribution in [1.29, 1.82) is 5.26 Å². The van der Waals surface area contributed by atoms with Crippen LogP contribution in [0.5, 0.6) is 0 Å². The minimum atomic E-state index is -0.136. The Bertz CT molecular complexity index is 505. The molecule has 0 bridgehead atoms. The van der Waals surface area contributed by atoms with E-state index in [9.17, 15) is 4.79 Å². The van der Waals surface area contributed by atoms with Gasteiger partial charge >= 0.3 is 0 Å². The zero-order valence-corrected chi connectivity index (χ0v) is 11.0. The average molecular weight is 267 g/mol. The number of Topliss-reactive ketones (excluding diaryl/α,β-unsaturated/α-hetero) is 1. The highest BCUT2D eigenvalue weighted by atomic mass is 35.5. The minimum Gasteiger partial charge on any atom is -0.358 e. The number of carbonyl (C=O) groups excluding carboxylic acids is 1. The number of benzene rings is 1. The van der Waals surface area contributed by atoms with E-state index in [-0.39, 0.29) is 5.78 Å². The molecular weight excluding hydrogens is 256 g/mol. The Hall–Kier alpha value is -1.44. The number of nitriles is 1. The number of nitrogens with zero attached hydrogens (tertiary/aromatic N) is 1. The van der Waals surface area contributed by atoms with Crippen LogP contribution in [0.2, 0.25) is 5.02 Å². The van der Waals surface area contributed by atoms with E-state index < -0.39 is 0 Å². The van der Waals surface area contributed by atoms with Crippen molar-refractivity contribution in [2.24, 2.45) is 0 Å². The lowest BCUT2D eigenvalue weighted by Crippen LogP contribution is -2.03. The summed E-state index contributed by atoms with van der Waals surface area (Å²) in [5.74, 6) is -0.136. The molecule has 0 aliphatic rings. The first-order valence-electron chi connectivity index (χ1n) is 4.85. The number of hydrogen-bond acceptors (Lipinski definition) is 4. The monoisotopic (exact) mass is 266 g/mol. The van der Waals surface area contributed by atoms with Crippen LogP contribution in [0, 0.1) is 10.7 Å². The molecule has 1 rings (SSSR count). The lowest BCUT2D eigenvalue weighted by Gasteiger charge is -2.09. The number of anilines is 1. The third kappa shape index (κ3) is 4.14. The van der Waals surface area contributed by atoms with Crippen molar-refractivity contribution in [3.8, 4) is 5.40 Å². The summed E-state index contributed by atoms with van der Waals surface area (Å²) in [6.07, 6.45) is 0. The Balaban J connectivity index is 2.96. The maximum atomic E-state index is 11.3. The van der Waals surface area contributed by atoms with Crippen molar-refractivity contribution >= 4 is 34.8 Å². The fraction of sp³-hybridized carbons (Fsp3) is 0.167. The molecule has 0 unspecified atom stereocenters. The lowest BCUT2D eigenvalue weighted by atomic mass is 10.3. The summed E-state index contributed by atoms with van der Waals surface area (Å²) >= 11 is 6.71. The molecule has 0 radical (unpaired) electrons. The molecule has 0 saturated heterocycles. The number of nitrogens with one attached hydrogen (secondary N) is 1. The predicted molar refractivity (Wildman–Crippen MR) is 71.7 cm³/mol. The summed E-state index contributed by atoms with van der Waals surface area (Å²) in [5, 5.41) is 14.2. The third-order valence-electron chi connectivity index (χ3n) is 1.96. The van der Waals surface area contributed by atoms with Gasteiger partial charge in [0, 0.05) is 16.4 Å². The molecule has 0 aromatic heterocycles. The summed E-state index contributed by atoms with van der Waals surface area (Å²) in [6, 6.07) is 7.16. The predicted octanol–water partition coefficient (Wildman–Crippen LogP) is 3.79. The van der Waals surface area contributed by atoms with E-state index in [1.807, 2.05) is 17.5 Å². The summed E-state index contributed by atoms with van der Waals surface area (Å²) in [7, 11) is 0. The molecule has 0 aliphatic carbocycles. The summed E-state index contributed by atoms with van der Waals surface area (Å²) in [5.41, 5.74) is 1.43. The molecule has 0 saturated carbocycles. The molecule has 17 heavy (non-hydrogen) atoms. The highest BCUT2D eigenvalue weighted by Gasteiger charge is 2.09. The molecule has 88 valence electrons. The number of carbonyl (C=O) groups is 1. The zero-order chi connectivity index (χ0) is 12.8. The second kappa shape index (κ2) is 6.33. The third-order valence-corrected chi connectivity index (χ3v) is 3.09. The number of thiocyanates is 1. The van der Waals surface area contributed by atoms with E-state index in [0.717, 1.165) is 17.4 Å². The largest absolute Gasteiger partial charge is 0.358 e. The van der Waals surface area contributed by atoms with Gasteiger partial charge in [0.2, 0.25) is 0 Å². The van der Waals surface area contributed by atoms with Gasteiger partial charge in [-0.15, -0.1) is 0 Å². The topological polar surface area (TPSA) is 52.9 Å². The quantitative estimate of drug-likeness (QED) is 0.665. The number of halogens is 1. The van der Waals surface area contributed by atoms with Gasteiger partial charge in [-0.05, 0) is 43.8 Å². The van der Waals surface area contributed by atoms with Gasteiger partial charge in [0.05, 0.1) is 4.91 Å². The van der Waals surface area contributed by atoms with E-state index in [0.29, 0.717) is 15.6 Å². The lowest BCUT2D eigenvalue weighted by molar-refractivity contribution is -0.113. The normalized spacial score (nSPS) is 11.4. The fourth-order valence-electron chi connectivity index (χ4n) is 1.30. The van der Waals surface area contributed by atoms with Crippen LogP contribution in [0.15, 0.2) is 34.9 Å². The first-order chi connectivity index (χ1) is 8.04. The van der Waals surface area contributed by atoms with E-state index >= 15 is 0 Å². The first kappa shape index (κ1) is 13.6. The Morgan fingerprint density at radius 3 is 2.71 bits per heavy atom. The van der Waals surface area contributed by atoms with Gasteiger partial charge < -0.3 is 5.32 Å². The van der Waals surface area contributed by atoms with E-state index in [4.69, 9.17) is 16.9 Å². The number of allylic oxidation sites excluding steroid dienone is 2. The molecule has 0 amide bonds. The van der Waals surface area contributed by atoms with Crippen molar-refractivity contribution < 1.29 is 4.79 Å². The van der Waals surface area contributed by atoms with Gasteiger partial charge in [0.1, 0.15) is 5.40 Å². The van der Waals surface area contributed by atoms with Gasteiger partial charge in [-0.2, -0.15) is 5.26 Å². The number of rotatable bonds is 4. The Morgan fingerprint density at radius 1 is 1.47 bits per heavy atom. The van der Waals surface area contributed by atoms with E-state index in [1.165, 1.54) is 6.92 Å². The SMILES string of the molecule is CC(=O)/C(SC#N)=C(/C)Nc1cccc(Cl)c1. The molecule has 0 spiro atoms. The highest BCUT2D eigenvalue weighted by Crippen LogP contribution is 2.22. The van der Waals surface area contributed by atoms with Crippen molar-refractivity contribution in [3.05, 3.63) is 39.9 Å². The molecule has 0 atom stereocenters. The summed E-state index contributed by atoms with van der Waals surface area (Å²) in [6.45, 7) is 3.19. The van der Waals surface area contributed by atoms with E-state index in [1.54, 1.807) is 19.1 Å². The molecule has 1 aromatic carbocycles. The van der Waals surface area contributed by atoms with Crippen molar-refractivity contribution in [2.45, 2.75) is 13.8 Å². The summed E-state index contributed by atoms with van der Waals surface area (Å²) in [4.78, 5) is 11.7. The molecule has 1 aromatic rings. The van der Waals surface area contributed by atoms with Gasteiger partial charge in [-0.3, -0.25) is 4.79 Å². The van der Waals surface area contributed by atoms with Crippen molar-refractivity contribution in [2.75, 3.05) is 5.32 Å². The van der Waals surface area contributed by atoms with Gasteiger partial charge in [-0.25, -0.2) is 0 Å². The van der Waals surface area contributed by atoms with Crippen LogP contribution in [-0.4, -0.2) is 5.78 Å². The van der Waals surface area contributed by atoms with Crippen LogP contribution in [0.25, 0.3) is 0 Å². The number of ketones is 1. The van der Waals surface area contributed by atoms with Crippen LogP contribution in [0.1, 0.15) is 13.8 Å². The first-order valence-corrected chi connectivity index (χ1v) is 6.04. The van der Waals surface area contributed by atoms with Gasteiger partial charge in [-0.1, -0.05) is 17.7 Å². The molecule has 0 aliphatic heterocycles. The molecule has 1 N–H and O–H groups in total. The Morgan fingerprint density at radius 2 is 2.18 bits per heavy atom. The van der Waals surface area contributed by atoms with Crippen LogP contribution in [-0.2, 0) is 4.79 Å². The standard InChI is InChI=1S/C12H11ClN2OS/c1-8(12(9(2)16)17-7-14)15-11-5-3-4-10(13)6-11/h3-6,15H,1-2H3/b12-8+. The van der Waals surface area contributed by atoms with Crippen LogP contribution in [0.4, 0.5) is 5.69 Å². The van der Waals surface area contributed by atoms with Crippen LogP contribution >= 0.6 is 23.4 Å². The molecule has 0 fully saturated rings. The second-order valence-electron chi connectivity index (χ2n) is 3.34. The molecule has 0 heterocycles. The van der Waals surface area contributed by atoms with Crippen LogP contribution in [0.3, 0.4) is 0 Å². The van der Waals surface area contributed by atoms with Crippen molar-refractivity contribution in [1.82, 2.24) is 0 Å². The number of hydrogen-bond donors (Lipinski definition) is 1. The maximum Gasteiger partial charge on any atom is 0.168 e. The van der Waals surface area contributed by atoms with Crippen molar-refractivity contribution in [3.63, 3.8) is 0 Å². The summed E-state index contributed by atoms with van der Waals surface area (Å²) < 4.78 is 0. The number of thioether (sulfide) groups is 1. The average Bonchev–Trinajstić information content (AvgIpc) is 2.25. The molecule has 3 nitrogen and oxygen atoms in total. The Labute approximate surface area is 109 Å². The van der Waals surface area contributed by atoms with Crippen LogP contribution < -0.4 is 5.32 Å². The zero-order valence-electron chi connectivity index (χ0n) is 9.45. The van der Waals surface area contributed by atoms with E-state index in [2.05, 4.69) is 5.32 Å². The maximum absolute atomic E-state index is 11.3. The van der Waals surface area contributed by atoms with Gasteiger partial charge in [0.15, 0.2) is 5.78 Å². The molecular formula is C12H11ClN2OS. The minimum absolute atomic E-state index is 0.136.